The molecule has 15 rings (SSSR count). The number of nitrogens with two attached hydrogens (primary N) is 6. The predicted molar refractivity (Wildman–Crippen MR) is 431 cm³/mol. The summed E-state index contributed by atoms with van der Waals surface area (Å²) in [5, 5.41) is 22.3. The molecule has 0 aliphatic heterocycles. The standard InChI is InChI=1S/C25H28.C17H21N3Si.2C14H12N2.C13H11N3.C3H4/c1-24(2,3)13-7-8-18-9-10-19-15-20-11-12-23(25(4,5)6)17-22(20)16-21(19)14-18;1-18-14-7-5-12-9-13-6-8-15(20-21(2,3)4)11-17(13)19-16(12)10-14;2*15-13-3-1-9-5-10-2-4-14(16)8-12(10)6-11(9)7-13;14-10-3-1-8-5-9-2-4-11(15)7-13(9)16-12(8)6-10;1-3-2/h8-17H,1-6H3;5-11,18,20H,1-4H3;2*1-8H,15-16H2;1-7H,14-15H2;1-2H2. The van der Waals surface area contributed by atoms with Gasteiger partial charge in [-0.2, -0.15) is 0 Å². The number of nitrogens with one attached hydrogen (secondary N) is 2. The SMILES string of the molecule is C=C=C.CC(C)(C)C=C=Cc1ccc2cc3ccc(C(C)(C)C)cc3cc2c1.CNc1ccc2cc3ccc(N[Si](C)(C)C)cc3nc2c1.Nc1ccc2cc3ccc(N)cc3cc2c1.Nc1ccc2cc3ccc(N)cc3cc2c1.Nc1ccc2cc3ccc(N)cc3nc2c1. The van der Waals surface area contributed by atoms with Gasteiger partial charge in [0.2, 0.25) is 0 Å². The van der Waals surface area contributed by atoms with Crippen LogP contribution in [0.5, 0.6) is 0 Å². The molecular formula is C86H88N10Si. The lowest BCUT2D eigenvalue weighted by Crippen LogP contribution is -2.32. The molecule has 0 bridgehead atoms. The first kappa shape index (κ1) is 68.3. The van der Waals surface area contributed by atoms with Crippen molar-refractivity contribution in [2.45, 2.75) is 66.6 Å². The Morgan fingerprint density at radius 1 is 0.351 bits per heavy atom. The fraction of sp³-hybridized carbons (Fsp3) is 0.140. The van der Waals surface area contributed by atoms with Crippen LogP contribution in [0, 0.1) is 5.41 Å². The minimum absolute atomic E-state index is 0.160. The van der Waals surface area contributed by atoms with E-state index in [-0.39, 0.29) is 10.8 Å². The second-order valence-corrected chi connectivity index (χ2v) is 32.5. The molecule has 0 aliphatic rings. The zero-order valence-electron chi connectivity index (χ0n) is 57.4. The number of allylic oxidation sites excluding steroid dienone is 1. The van der Waals surface area contributed by atoms with Crippen LogP contribution in [-0.4, -0.2) is 25.3 Å². The Kier molecular flexibility index (Phi) is 20.4. The van der Waals surface area contributed by atoms with Crippen molar-refractivity contribution in [3.8, 4) is 0 Å². The number of fused-ring (bicyclic) bond motifs is 10. The number of aromatic nitrogens is 2. The van der Waals surface area contributed by atoms with Gasteiger partial charge in [0.15, 0.2) is 0 Å². The quantitative estimate of drug-likeness (QED) is 0.0362. The number of nitrogens with zero attached hydrogens (tertiary/aromatic N) is 2. The summed E-state index contributed by atoms with van der Waals surface area (Å²) >= 11 is 0. The van der Waals surface area contributed by atoms with Crippen molar-refractivity contribution in [2.24, 2.45) is 5.41 Å². The van der Waals surface area contributed by atoms with Gasteiger partial charge < -0.3 is 44.7 Å². The topological polar surface area (TPSA) is 206 Å². The Hall–Kier alpha value is -11.6. The Balaban J connectivity index is 0.000000132. The highest BCUT2D eigenvalue weighted by molar-refractivity contribution is 6.79. The molecule has 0 fully saturated rings. The van der Waals surface area contributed by atoms with Crippen molar-refractivity contribution < 1.29 is 0 Å². The molecule has 14 N–H and O–H groups in total. The Bertz CT molecular complexity index is 5060. The molecule has 11 heteroatoms. The van der Waals surface area contributed by atoms with E-state index in [0.717, 1.165) is 94.2 Å². The largest absolute Gasteiger partial charge is 0.411 e. The van der Waals surface area contributed by atoms with E-state index in [1.54, 1.807) is 0 Å². The van der Waals surface area contributed by atoms with Crippen molar-refractivity contribution in [3.63, 3.8) is 0 Å². The van der Waals surface area contributed by atoms with Gasteiger partial charge in [0.1, 0.15) is 8.24 Å². The van der Waals surface area contributed by atoms with E-state index in [4.69, 9.17) is 39.4 Å². The van der Waals surface area contributed by atoms with E-state index in [9.17, 15) is 0 Å². The third-order valence-corrected chi connectivity index (χ3v) is 17.3. The Morgan fingerprint density at radius 3 is 1.03 bits per heavy atom. The van der Waals surface area contributed by atoms with Crippen molar-refractivity contribution in [1.82, 2.24) is 9.97 Å². The first-order chi connectivity index (χ1) is 46.1. The monoisotopic (exact) mass is 1290 g/mol. The maximum absolute atomic E-state index is 5.77. The normalized spacial score (nSPS) is 11.2. The van der Waals surface area contributed by atoms with Gasteiger partial charge in [-0.25, -0.2) is 9.97 Å². The first-order valence-corrected chi connectivity index (χ1v) is 36.0. The lowest BCUT2D eigenvalue weighted by molar-refractivity contribution is 0.545. The minimum Gasteiger partial charge on any atom is -0.411 e. The van der Waals surface area contributed by atoms with Crippen molar-refractivity contribution in [3.05, 3.63) is 272 Å². The van der Waals surface area contributed by atoms with Gasteiger partial charge in [0.05, 0.1) is 22.1 Å². The molecule has 0 atom stereocenters. The van der Waals surface area contributed by atoms with Crippen LogP contribution in [0.1, 0.15) is 52.7 Å². The van der Waals surface area contributed by atoms with Crippen LogP contribution in [0.25, 0.3) is 114 Å². The summed E-state index contributed by atoms with van der Waals surface area (Å²) in [6.07, 6.45) is 4.19. The van der Waals surface area contributed by atoms with Gasteiger partial charge in [-0.05, 0) is 250 Å². The number of benzene rings is 13. The second-order valence-electron chi connectivity index (χ2n) is 27.8. The Morgan fingerprint density at radius 2 is 0.649 bits per heavy atom. The molecule has 0 radical (unpaired) electrons. The molecule has 10 nitrogen and oxygen atoms in total. The number of rotatable bonds is 4. The molecule has 0 amide bonds. The molecule has 0 unspecified atom stereocenters. The van der Waals surface area contributed by atoms with Crippen LogP contribution < -0.4 is 44.7 Å². The summed E-state index contributed by atoms with van der Waals surface area (Å²) < 4.78 is 0. The summed E-state index contributed by atoms with van der Waals surface area (Å²) in [6, 6.07) is 78.9. The summed E-state index contributed by atoms with van der Waals surface area (Å²) in [5.74, 6) is 0. The number of anilines is 8. The fourth-order valence-electron chi connectivity index (χ4n) is 11.4. The molecule has 0 saturated heterocycles. The first-order valence-electron chi connectivity index (χ1n) is 32.5. The number of nitrogen functional groups attached to an aromatic ring is 6. The second kappa shape index (κ2) is 29.0. The number of hydrogen-bond acceptors (Lipinski definition) is 10. The third kappa shape index (κ3) is 18.0. The van der Waals surface area contributed by atoms with E-state index >= 15 is 0 Å². The van der Waals surface area contributed by atoms with Crippen molar-refractivity contribution in [1.29, 1.82) is 0 Å². The molecule has 2 heterocycles. The van der Waals surface area contributed by atoms with Gasteiger partial charge in [-0.1, -0.05) is 153 Å². The molecule has 15 aromatic rings. The predicted octanol–water partition coefficient (Wildman–Crippen LogP) is 22.0. The average molecular weight is 1290 g/mol. The van der Waals surface area contributed by atoms with Crippen LogP contribution in [-0.2, 0) is 5.41 Å². The summed E-state index contributed by atoms with van der Waals surface area (Å²) in [5.41, 5.74) is 53.8. The minimum atomic E-state index is -1.34. The van der Waals surface area contributed by atoms with Gasteiger partial charge in [0, 0.05) is 74.1 Å². The van der Waals surface area contributed by atoms with Crippen molar-refractivity contribution in [2.75, 3.05) is 51.7 Å². The molecule has 486 valence electrons. The lowest BCUT2D eigenvalue weighted by Gasteiger charge is -2.19. The van der Waals surface area contributed by atoms with Crippen LogP contribution in [0.4, 0.5) is 45.5 Å². The summed E-state index contributed by atoms with van der Waals surface area (Å²) in [4.78, 5) is 13.0. The summed E-state index contributed by atoms with van der Waals surface area (Å²) in [6.45, 7) is 26.5. The van der Waals surface area contributed by atoms with Crippen molar-refractivity contribution >= 4 is 168 Å². The van der Waals surface area contributed by atoms with Gasteiger partial charge in [0.25, 0.3) is 0 Å². The van der Waals surface area contributed by atoms with E-state index in [1.807, 2.05) is 116 Å². The van der Waals surface area contributed by atoms with Crippen LogP contribution >= 0.6 is 0 Å². The highest BCUT2D eigenvalue weighted by atomic mass is 28.3. The highest BCUT2D eigenvalue weighted by Gasteiger charge is 2.15. The van der Waals surface area contributed by atoms with Gasteiger partial charge in [-0.3, -0.25) is 0 Å². The molecule has 13 aromatic carbocycles. The van der Waals surface area contributed by atoms with E-state index in [0.29, 0.717) is 0 Å². The van der Waals surface area contributed by atoms with Gasteiger partial charge >= 0.3 is 0 Å². The zero-order valence-corrected chi connectivity index (χ0v) is 58.4. The van der Waals surface area contributed by atoms with Crippen LogP contribution in [0.2, 0.25) is 19.6 Å². The zero-order chi connectivity index (χ0) is 69.3. The molecular weight excluding hydrogens is 1200 g/mol. The van der Waals surface area contributed by atoms with E-state index in [2.05, 4.69) is 235 Å². The molecule has 0 aliphatic carbocycles. The third-order valence-electron chi connectivity index (χ3n) is 16.2. The maximum atomic E-state index is 5.77. The van der Waals surface area contributed by atoms with Crippen LogP contribution in [0.15, 0.2) is 261 Å². The molecule has 0 saturated carbocycles. The molecule has 0 spiro atoms. The molecule has 97 heavy (non-hydrogen) atoms. The lowest BCUT2D eigenvalue weighted by atomic mass is 9.85. The van der Waals surface area contributed by atoms with Gasteiger partial charge in [-0.15, -0.1) is 11.5 Å². The number of hydrogen-bond donors (Lipinski definition) is 8. The van der Waals surface area contributed by atoms with E-state index < -0.39 is 8.24 Å². The number of pyridine rings is 2. The highest BCUT2D eigenvalue weighted by Crippen LogP contribution is 2.33. The van der Waals surface area contributed by atoms with Crippen LogP contribution in [0.3, 0.4) is 0 Å². The van der Waals surface area contributed by atoms with E-state index in [1.165, 1.54) is 70.7 Å². The maximum Gasteiger partial charge on any atom is 0.144 e. The Labute approximate surface area is 570 Å². The molecule has 2 aromatic heterocycles. The fourth-order valence-corrected chi connectivity index (χ4v) is 12.4. The summed E-state index contributed by atoms with van der Waals surface area (Å²) in [7, 11) is 0.587. The average Bonchev–Trinajstić information content (AvgIpc) is 0.817. The smallest absolute Gasteiger partial charge is 0.144 e.